The lowest BCUT2D eigenvalue weighted by molar-refractivity contribution is -0.116. The molecule has 3 aromatic carbocycles. The van der Waals surface area contributed by atoms with Gasteiger partial charge in [0.15, 0.2) is 0 Å². The lowest BCUT2D eigenvalue weighted by Gasteiger charge is -2.19. The number of carbonyl (C=O) groups excluding carboxylic acids is 1. The Hall–Kier alpha value is -3.66. The number of hydrogen-bond acceptors (Lipinski definition) is 2. The monoisotopic (exact) mass is 395 g/mol. The third-order valence-corrected chi connectivity index (χ3v) is 5.15. The highest BCUT2D eigenvalue weighted by atomic mass is 16.1. The third-order valence-electron chi connectivity index (χ3n) is 5.15. The highest BCUT2D eigenvalue weighted by Crippen LogP contribution is 2.31. The molecule has 150 valence electrons. The fourth-order valence-corrected chi connectivity index (χ4v) is 3.59. The molecule has 1 amide bonds. The Labute approximate surface area is 177 Å². The van der Waals surface area contributed by atoms with E-state index in [2.05, 4.69) is 24.3 Å². The van der Waals surface area contributed by atoms with Gasteiger partial charge in [0.05, 0.1) is 12.1 Å². The van der Waals surface area contributed by atoms with Crippen LogP contribution in [0.1, 0.15) is 36.9 Å². The molecule has 1 N–H and O–H groups in total. The fourth-order valence-electron chi connectivity index (χ4n) is 3.59. The summed E-state index contributed by atoms with van der Waals surface area (Å²) in [5.41, 5.74) is 4.65. The second-order valence-corrected chi connectivity index (χ2v) is 7.59. The summed E-state index contributed by atoms with van der Waals surface area (Å²) >= 11 is 0. The average molecular weight is 396 g/mol. The lowest BCUT2D eigenvalue weighted by atomic mass is 9.90. The maximum absolute atomic E-state index is 13.5. The molecule has 4 heteroatoms. The van der Waals surface area contributed by atoms with Crippen molar-refractivity contribution in [2.24, 2.45) is 0 Å². The van der Waals surface area contributed by atoms with Gasteiger partial charge in [0.2, 0.25) is 5.91 Å². The minimum atomic E-state index is -0.390. The molecule has 0 unspecified atom stereocenters. The minimum absolute atomic E-state index is 0.0592. The second-order valence-electron chi connectivity index (χ2n) is 7.59. The molecule has 0 aliphatic heterocycles. The van der Waals surface area contributed by atoms with Gasteiger partial charge in [-0.25, -0.2) is 0 Å². The molecule has 0 aliphatic rings. The second kappa shape index (κ2) is 8.78. The number of para-hydroxylation sites is 1. The molecule has 1 aromatic heterocycles. The van der Waals surface area contributed by atoms with Crippen molar-refractivity contribution in [3.63, 3.8) is 0 Å². The van der Waals surface area contributed by atoms with E-state index in [9.17, 15) is 4.79 Å². The first-order chi connectivity index (χ1) is 14.6. The molecule has 0 bridgehead atoms. The maximum Gasteiger partial charge on any atom is 0.236 e. The molecule has 4 aromatic rings. The Balaban J connectivity index is 1.68. The Morgan fingerprint density at radius 3 is 1.97 bits per heavy atom. The van der Waals surface area contributed by atoms with Crippen molar-refractivity contribution in [3.8, 4) is 11.1 Å². The summed E-state index contributed by atoms with van der Waals surface area (Å²) in [6, 6.07) is 27.9. The molecule has 4 rings (SSSR count). The molecule has 4 nitrogen and oxygen atoms in total. The first kappa shape index (κ1) is 19.6. The van der Waals surface area contributed by atoms with Gasteiger partial charge in [-0.1, -0.05) is 78.9 Å². The van der Waals surface area contributed by atoms with Gasteiger partial charge in [0.25, 0.3) is 0 Å². The van der Waals surface area contributed by atoms with Gasteiger partial charge in [-0.2, -0.15) is 5.10 Å². The van der Waals surface area contributed by atoms with Gasteiger partial charge in [0, 0.05) is 29.1 Å². The predicted molar refractivity (Wildman–Crippen MR) is 121 cm³/mol. The zero-order valence-electron chi connectivity index (χ0n) is 17.2. The zero-order valence-corrected chi connectivity index (χ0v) is 17.2. The molecule has 1 heterocycles. The van der Waals surface area contributed by atoms with E-state index >= 15 is 0 Å². The number of anilines is 1. The number of benzene rings is 3. The summed E-state index contributed by atoms with van der Waals surface area (Å²) in [5.74, 6) is -0.449. The minimum Gasteiger partial charge on any atom is -0.325 e. The standard InChI is InChI=1S/C26H25N3O/c1-19(2)29-18-22(17-27-29)23-15-9-10-16-24(23)28-26(30)25(20-11-5-3-6-12-20)21-13-7-4-8-14-21/h3-19,25H,1-2H3,(H,28,30). The van der Waals surface area contributed by atoms with Crippen LogP contribution in [0.15, 0.2) is 97.3 Å². The van der Waals surface area contributed by atoms with Crippen molar-refractivity contribution in [1.82, 2.24) is 9.78 Å². The highest BCUT2D eigenvalue weighted by molar-refractivity contribution is 6.01. The van der Waals surface area contributed by atoms with E-state index in [1.165, 1.54) is 0 Å². The van der Waals surface area contributed by atoms with Crippen LogP contribution >= 0.6 is 0 Å². The smallest absolute Gasteiger partial charge is 0.236 e. The van der Waals surface area contributed by atoms with Crippen LogP contribution in [0.5, 0.6) is 0 Å². The number of aromatic nitrogens is 2. The van der Waals surface area contributed by atoms with Gasteiger partial charge in [-0.3, -0.25) is 9.48 Å². The van der Waals surface area contributed by atoms with E-state index < -0.39 is 0 Å². The SMILES string of the molecule is CC(C)n1cc(-c2ccccc2NC(=O)C(c2ccccc2)c2ccccc2)cn1. The molecule has 0 saturated carbocycles. The number of amides is 1. The zero-order chi connectivity index (χ0) is 20.9. The summed E-state index contributed by atoms with van der Waals surface area (Å²) < 4.78 is 1.92. The van der Waals surface area contributed by atoms with E-state index in [0.717, 1.165) is 27.9 Å². The van der Waals surface area contributed by atoms with Crippen LogP contribution in [-0.4, -0.2) is 15.7 Å². The largest absolute Gasteiger partial charge is 0.325 e. The van der Waals surface area contributed by atoms with Gasteiger partial charge in [0.1, 0.15) is 0 Å². The van der Waals surface area contributed by atoms with Crippen molar-refractivity contribution >= 4 is 11.6 Å². The van der Waals surface area contributed by atoms with Crippen molar-refractivity contribution in [3.05, 3.63) is 108 Å². The van der Waals surface area contributed by atoms with E-state index in [0.29, 0.717) is 0 Å². The van der Waals surface area contributed by atoms with Crippen molar-refractivity contribution in [2.75, 3.05) is 5.32 Å². The molecule has 0 aliphatic carbocycles. The molecule has 0 atom stereocenters. The third kappa shape index (κ3) is 4.18. The number of rotatable bonds is 6. The summed E-state index contributed by atoms with van der Waals surface area (Å²) in [4.78, 5) is 13.5. The molecular weight excluding hydrogens is 370 g/mol. The number of carbonyl (C=O) groups is 1. The molecular formula is C26H25N3O. The van der Waals surface area contributed by atoms with Crippen LogP contribution in [0.3, 0.4) is 0 Å². The van der Waals surface area contributed by atoms with Crippen molar-refractivity contribution in [1.29, 1.82) is 0 Å². The highest BCUT2D eigenvalue weighted by Gasteiger charge is 2.23. The normalized spacial score (nSPS) is 11.1. The Bertz CT molecular complexity index is 1080. The van der Waals surface area contributed by atoms with Gasteiger partial charge in [-0.05, 0) is 31.0 Å². The summed E-state index contributed by atoms with van der Waals surface area (Å²) in [5, 5.41) is 7.62. The van der Waals surface area contributed by atoms with Crippen LogP contribution in [0.4, 0.5) is 5.69 Å². The van der Waals surface area contributed by atoms with Gasteiger partial charge in [-0.15, -0.1) is 0 Å². The van der Waals surface area contributed by atoms with Gasteiger partial charge >= 0.3 is 0 Å². The lowest BCUT2D eigenvalue weighted by Crippen LogP contribution is -2.22. The molecule has 0 radical (unpaired) electrons. The first-order valence-corrected chi connectivity index (χ1v) is 10.2. The molecule has 0 saturated heterocycles. The summed E-state index contributed by atoms with van der Waals surface area (Å²) in [6.45, 7) is 4.18. The Morgan fingerprint density at radius 1 is 0.833 bits per heavy atom. The molecule has 30 heavy (non-hydrogen) atoms. The van der Waals surface area contributed by atoms with Crippen LogP contribution in [0.2, 0.25) is 0 Å². The molecule has 0 spiro atoms. The topological polar surface area (TPSA) is 46.9 Å². The Kier molecular flexibility index (Phi) is 5.75. The summed E-state index contributed by atoms with van der Waals surface area (Å²) in [6.07, 6.45) is 3.86. The predicted octanol–water partition coefficient (Wildman–Crippen LogP) is 5.90. The van der Waals surface area contributed by atoms with Crippen LogP contribution in [0.25, 0.3) is 11.1 Å². The number of hydrogen-bond donors (Lipinski definition) is 1. The number of nitrogens with zero attached hydrogens (tertiary/aromatic N) is 2. The summed E-state index contributed by atoms with van der Waals surface area (Å²) in [7, 11) is 0. The van der Waals surface area contributed by atoms with E-state index in [1.807, 2.05) is 102 Å². The van der Waals surface area contributed by atoms with E-state index in [-0.39, 0.29) is 17.9 Å². The number of nitrogens with one attached hydrogen (secondary N) is 1. The van der Waals surface area contributed by atoms with Crippen LogP contribution in [-0.2, 0) is 4.79 Å². The van der Waals surface area contributed by atoms with Crippen LogP contribution < -0.4 is 5.32 Å². The van der Waals surface area contributed by atoms with Crippen molar-refractivity contribution < 1.29 is 4.79 Å². The maximum atomic E-state index is 13.5. The van der Waals surface area contributed by atoms with Crippen molar-refractivity contribution in [2.45, 2.75) is 25.8 Å². The average Bonchev–Trinajstić information content (AvgIpc) is 3.26. The quantitative estimate of drug-likeness (QED) is 0.442. The first-order valence-electron chi connectivity index (χ1n) is 10.2. The van der Waals surface area contributed by atoms with Gasteiger partial charge < -0.3 is 5.32 Å². The Morgan fingerprint density at radius 2 is 1.40 bits per heavy atom. The fraction of sp³-hybridized carbons (Fsp3) is 0.154. The molecule has 0 fully saturated rings. The van der Waals surface area contributed by atoms with E-state index in [1.54, 1.807) is 0 Å². The van der Waals surface area contributed by atoms with E-state index in [4.69, 9.17) is 0 Å². The van der Waals surface area contributed by atoms with Crippen LogP contribution in [0, 0.1) is 0 Å².